The predicted octanol–water partition coefficient (Wildman–Crippen LogP) is 2.91. The molecule has 0 radical (unpaired) electrons. The first kappa shape index (κ1) is 22.3. The molecule has 8 nitrogen and oxygen atoms in total. The Hall–Kier alpha value is -2.95. The van der Waals surface area contributed by atoms with Crippen LogP contribution >= 0.6 is 0 Å². The van der Waals surface area contributed by atoms with Crippen molar-refractivity contribution in [3.8, 4) is 0 Å². The van der Waals surface area contributed by atoms with Crippen molar-refractivity contribution in [3.63, 3.8) is 0 Å². The van der Waals surface area contributed by atoms with Gasteiger partial charge in [-0.15, -0.1) is 0 Å². The van der Waals surface area contributed by atoms with Crippen LogP contribution in [0.2, 0.25) is 0 Å². The second-order valence-corrected chi connectivity index (χ2v) is 8.71. The van der Waals surface area contributed by atoms with Crippen LogP contribution in [0.4, 0.5) is 30.6 Å². The summed E-state index contributed by atoms with van der Waals surface area (Å²) < 4.78 is 37.9. The molecule has 0 aromatic carbocycles. The van der Waals surface area contributed by atoms with Gasteiger partial charge in [0.1, 0.15) is 17.4 Å². The lowest BCUT2D eigenvalue weighted by Gasteiger charge is -2.40. The summed E-state index contributed by atoms with van der Waals surface area (Å²) >= 11 is 0. The zero-order valence-electron chi connectivity index (χ0n) is 18.4. The number of carbonyl (C=O) groups is 1. The summed E-state index contributed by atoms with van der Waals surface area (Å²) in [4.78, 5) is 29.1. The van der Waals surface area contributed by atoms with Crippen molar-refractivity contribution in [2.75, 3.05) is 35.7 Å². The van der Waals surface area contributed by atoms with E-state index in [1.54, 1.807) is 0 Å². The zero-order chi connectivity index (χ0) is 23.2. The van der Waals surface area contributed by atoms with Crippen molar-refractivity contribution in [1.29, 1.82) is 0 Å². The highest BCUT2D eigenvalue weighted by Gasteiger charge is 2.36. The Kier molecular flexibility index (Phi) is 5.70. The molecule has 0 saturated carbocycles. The van der Waals surface area contributed by atoms with E-state index >= 15 is 0 Å². The average molecular weight is 449 g/mol. The molecule has 172 valence electrons. The molecule has 4 rings (SSSR count). The molecule has 0 bridgehead atoms. The maximum atomic E-state index is 12.6. The van der Waals surface area contributed by atoms with Gasteiger partial charge in [-0.2, -0.15) is 18.2 Å². The largest absolute Gasteiger partial charge is 0.433 e. The van der Waals surface area contributed by atoms with E-state index in [1.807, 2.05) is 32.7 Å². The molecule has 1 saturated heterocycles. The Bertz CT molecular complexity index is 1000. The third-order valence-electron chi connectivity index (χ3n) is 5.78. The summed E-state index contributed by atoms with van der Waals surface area (Å²) in [5.74, 6) is 1.24. The van der Waals surface area contributed by atoms with Crippen LogP contribution in [0, 0.1) is 12.8 Å². The second kappa shape index (κ2) is 8.19. The Morgan fingerprint density at radius 2 is 1.97 bits per heavy atom. The van der Waals surface area contributed by atoms with Crippen LogP contribution in [0.5, 0.6) is 0 Å². The monoisotopic (exact) mass is 449 g/mol. The highest BCUT2D eigenvalue weighted by Crippen LogP contribution is 2.34. The fourth-order valence-corrected chi connectivity index (χ4v) is 4.20. The van der Waals surface area contributed by atoms with Gasteiger partial charge in [-0.1, -0.05) is 19.9 Å². The van der Waals surface area contributed by atoms with E-state index in [1.165, 1.54) is 12.3 Å². The third-order valence-corrected chi connectivity index (χ3v) is 5.78. The van der Waals surface area contributed by atoms with Crippen LogP contribution in [0.3, 0.4) is 0 Å². The van der Waals surface area contributed by atoms with Gasteiger partial charge in [0.25, 0.3) is 0 Å². The Balaban J connectivity index is 1.37. The number of nitrogens with one attached hydrogen (secondary N) is 2. The molecule has 4 heterocycles. The van der Waals surface area contributed by atoms with Crippen molar-refractivity contribution in [1.82, 2.24) is 19.9 Å². The molecule has 2 N–H and O–H groups in total. The molecule has 11 heteroatoms. The van der Waals surface area contributed by atoms with Gasteiger partial charge in [-0.05, 0) is 24.5 Å². The highest BCUT2D eigenvalue weighted by molar-refractivity contribution is 6.03. The Labute approximate surface area is 184 Å². The first-order chi connectivity index (χ1) is 15.0. The van der Waals surface area contributed by atoms with E-state index in [2.05, 4.69) is 30.5 Å². The second-order valence-electron chi connectivity index (χ2n) is 8.71. The van der Waals surface area contributed by atoms with Gasteiger partial charge in [-0.25, -0.2) is 4.98 Å². The van der Waals surface area contributed by atoms with Crippen molar-refractivity contribution in [3.05, 3.63) is 35.3 Å². The van der Waals surface area contributed by atoms with Crippen LogP contribution in [0.25, 0.3) is 0 Å². The first-order valence-electron chi connectivity index (χ1n) is 10.5. The number of nitrogens with zero attached hydrogens (tertiary/aromatic N) is 5. The Morgan fingerprint density at radius 3 is 2.56 bits per heavy atom. The SMILES string of the molecule is Cc1nc(NC2CN(Cc3ccc(C(F)(F)F)nc3)C2)nc2c1NC(=O)C(C(C)C)N2C. The fraction of sp³-hybridized carbons (Fsp3) is 0.524. The zero-order valence-corrected chi connectivity index (χ0v) is 18.4. The average Bonchev–Trinajstić information content (AvgIpc) is 2.67. The number of hydrogen-bond donors (Lipinski definition) is 2. The van der Waals surface area contributed by atoms with Gasteiger partial charge < -0.3 is 15.5 Å². The number of fused-ring (bicyclic) bond motifs is 1. The molecule has 2 aromatic heterocycles. The number of aromatic nitrogens is 3. The summed E-state index contributed by atoms with van der Waals surface area (Å²) in [6.45, 7) is 7.77. The summed E-state index contributed by atoms with van der Waals surface area (Å²) in [5.41, 5.74) is 1.16. The van der Waals surface area contributed by atoms with E-state index in [0.29, 0.717) is 42.8 Å². The summed E-state index contributed by atoms with van der Waals surface area (Å²) in [6.07, 6.45) is -3.15. The number of alkyl halides is 3. The smallest absolute Gasteiger partial charge is 0.349 e. The van der Waals surface area contributed by atoms with E-state index in [0.717, 1.165) is 11.6 Å². The van der Waals surface area contributed by atoms with Gasteiger partial charge in [-0.3, -0.25) is 14.7 Å². The van der Waals surface area contributed by atoms with Crippen molar-refractivity contribution >= 4 is 23.4 Å². The lowest BCUT2D eigenvalue weighted by molar-refractivity contribution is -0.141. The van der Waals surface area contributed by atoms with Crippen LogP contribution in [-0.4, -0.2) is 58.0 Å². The third kappa shape index (κ3) is 4.34. The molecular weight excluding hydrogens is 423 g/mol. The molecule has 0 spiro atoms. The molecule has 1 amide bonds. The normalized spacial score (nSPS) is 19.6. The number of anilines is 3. The quantitative estimate of drug-likeness (QED) is 0.726. The molecule has 32 heavy (non-hydrogen) atoms. The van der Waals surface area contributed by atoms with E-state index < -0.39 is 11.9 Å². The molecule has 1 atom stereocenters. The number of carbonyl (C=O) groups excluding carboxylic acids is 1. The lowest BCUT2D eigenvalue weighted by Crippen LogP contribution is -2.54. The van der Waals surface area contributed by atoms with Crippen LogP contribution in [0.1, 0.15) is 30.8 Å². The van der Waals surface area contributed by atoms with Gasteiger partial charge in [0.2, 0.25) is 11.9 Å². The van der Waals surface area contributed by atoms with Crippen molar-refractivity contribution < 1.29 is 18.0 Å². The summed E-state index contributed by atoms with van der Waals surface area (Å²) in [7, 11) is 1.86. The minimum Gasteiger partial charge on any atom is -0.349 e. The molecule has 2 aromatic rings. The standard InChI is InChI=1S/C21H26F3N7O/c1-11(2)17-19(32)28-16-12(3)26-20(29-18(16)30(17)4)27-14-9-31(10-14)8-13-5-6-15(25-7-13)21(22,23)24/h5-7,11,14,17H,8-10H2,1-4H3,(H,28,32)(H,26,27,29). The number of halogens is 3. The number of likely N-dealkylation sites (tertiary alicyclic amines) is 1. The molecule has 0 aliphatic carbocycles. The van der Waals surface area contributed by atoms with E-state index in [9.17, 15) is 18.0 Å². The lowest BCUT2D eigenvalue weighted by atomic mass is 9.99. The maximum absolute atomic E-state index is 12.6. The summed E-state index contributed by atoms with van der Waals surface area (Å²) in [6, 6.07) is 2.29. The number of rotatable bonds is 5. The van der Waals surface area contributed by atoms with E-state index in [-0.39, 0.29) is 23.9 Å². The predicted molar refractivity (Wildman–Crippen MR) is 114 cm³/mol. The fourth-order valence-electron chi connectivity index (χ4n) is 4.20. The van der Waals surface area contributed by atoms with Crippen molar-refractivity contribution in [2.45, 2.75) is 45.6 Å². The minimum absolute atomic E-state index is 0.0604. The Morgan fingerprint density at radius 1 is 1.25 bits per heavy atom. The van der Waals surface area contributed by atoms with Gasteiger partial charge >= 0.3 is 6.18 Å². The number of aryl methyl sites for hydroxylation is 1. The molecule has 1 unspecified atom stereocenters. The highest BCUT2D eigenvalue weighted by atomic mass is 19.4. The number of pyridine rings is 1. The van der Waals surface area contributed by atoms with Crippen molar-refractivity contribution in [2.24, 2.45) is 5.92 Å². The van der Waals surface area contributed by atoms with E-state index in [4.69, 9.17) is 0 Å². The topological polar surface area (TPSA) is 86.3 Å². The van der Waals surface area contributed by atoms with Gasteiger partial charge in [0.15, 0.2) is 5.82 Å². The van der Waals surface area contributed by atoms with Gasteiger partial charge in [0.05, 0.1) is 11.7 Å². The van der Waals surface area contributed by atoms with Gasteiger partial charge in [0, 0.05) is 32.9 Å². The molecular formula is C21H26F3N7O. The number of hydrogen-bond acceptors (Lipinski definition) is 7. The summed E-state index contributed by atoms with van der Waals surface area (Å²) in [5, 5.41) is 6.25. The van der Waals surface area contributed by atoms with Crippen LogP contribution in [-0.2, 0) is 17.5 Å². The molecule has 1 fully saturated rings. The molecule has 2 aliphatic heterocycles. The number of amides is 1. The molecule has 2 aliphatic rings. The van der Waals surface area contributed by atoms with Crippen LogP contribution in [0.15, 0.2) is 18.3 Å². The number of likely N-dealkylation sites (N-methyl/N-ethyl adjacent to an activating group) is 1. The van der Waals surface area contributed by atoms with Crippen LogP contribution < -0.4 is 15.5 Å². The first-order valence-corrected chi connectivity index (χ1v) is 10.5. The minimum atomic E-state index is -4.43. The maximum Gasteiger partial charge on any atom is 0.433 e.